The molecule has 2 aromatic carbocycles. The van der Waals surface area contributed by atoms with Crippen molar-refractivity contribution in [3.05, 3.63) is 77.9 Å². The lowest BCUT2D eigenvalue weighted by atomic mass is 10.0. The van der Waals surface area contributed by atoms with Crippen LogP contribution in [-0.2, 0) is 43.2 Å². The predicted octanol–water partition coefficient (Wildman–Crippen LogP) is -0.420. The lowest BCUT2D eigenvalue weighted by Crippen LogP contribution is -2.58. The number of hydrogen-bond donors (Lipinski definition) is 9. The van der Waals surface area contributed by atoms with Gasteiger partial charge in [0.05, 0.1) is 12.4 Å². The fourth-order valence-corrected chi connectivity index (χ4v) is 4.23. The molecule has 0 bridgehead atoms. The van der Waals surface area contributed by atoms with Gasteiger partial charge in [0.25, 0.3) is 0 Å². The van der Waals surface area contributed by atoms with Crippen LogP contribution in [0, 0.1) is 0 Å². The van der Waals surface area contributed by atoms with E-state index in [-0.39, 0.29) is 37.2 Å². The van der Waals surface area contributed by atoms with Crippen LogP contribution in [0.3, 0.4) is 0 Å². The number of nitrogens with one attached hydrogen (secondary N) is 4. The highest BCUT2D eigenvalue weighted by Gasteiger charge is 2.31. The maximum atomic E-state index is 13.4. The summed E-state index contributed by atoms with van der Waals surface area (Å²) in [7, 11) is 0. The summed E-state index contributed by atoms with van der Waals surface area (Å²) in [5, 5.41) is 45.3. The molecule has 0 aliphatic carbocycles. The number of phenols is 2. The van der Waals surface area contributed by atoms with Crippen molar-refractivity contribution in [1.29, 1.82) is 0 Å². The number of carboxylic acids is 2. The average molecular weight is 611 g/mol. The van der Waals surface area contributed by atoms with E-state index in [1.807, 2.05) is 0 Å². The number of aromatic amines is 1. The number of aliphatic carboxylic acids is 2. The summed E-state index contributed by atoms with van der Waals surface area (Å²) in [5.74, 6) is -5.08. The molecule has 234 valence electrons. The third-order valence-electron chi connectivity index (χ3n) is 6.61. The molecular weight excluding hydrogens is 576 g/mol. The minimum atomic E-state index is -1.40. The van der Waals surface area contributed by atoms with E-state index in [0.717, 1.165) is 0 Å². The number of hydrogen-bond acceptors (Lipinski definition) is 9. The van der Waals surface area contributed by atoms with Crippen LogP contribution in [0.2, 0.25) is 0 Å². The first-order valence-corrected chi connectivity index (χ1v) is 13.6. The summed E-state index contributed by atoms with van der Waals surface area (Å²) in [6.45, 7) is 0. The normalized spacial score (nSPS) is 13.6. The van der Waals surface area contributed by atoms with Gasteiger partial charge in [-0.25, -0.2) is 9.78 Å². The lowest BCUT2D eigenvalue weighted by Gasteiger charge is -2.25. The Kier molecular flexibility index (Phi) is 11.8. The number of carboxylic acid groups (broad SMARTS) is 2. The number of carbonyl (C=O) groups is 5. The van der Waals surface area contributed by atoms with Gasteiger partial charge in [0, 0.05) is 31.2 Å². The van der Waals surface area contributed by atoms with Crippen molar-refractivity contribution in [2.45, 2.75) is 56.3 Å². The Morgan fingerprint density at radius 3 is 1.77 bits per heavy atom. The molecule has 0 saturated carbocycles. The fourth-order valence-electron chi connectivity index (χ4n) is 4.23. The molecule has 3 aromatic rings. The second-order valence-electron chi connectivity index (χ2n) is 10.1. The summed E-state index contributed by atoms with van der Waals surface area (Å²) in [4.78, 5) is 69.4. The number of amides is 3. The van der Waals surface area contributed by atoms with E-state index in [0.29, 0.717) is 16.8 Å². The topological polar surface area (TPSA) is 257 Å². The monoisotopic (exact) mass is 610 g/mol. The molecular formula is C29H34N6O9. The van der Waals surface area contributed by atoms with Crippen LogP contribution >= 0.6 is 0 Å². The second kappa shape index (κ2) is 15.7. The number of H-pyrrole nitrogens is 1. The summed E-state index contributed by atoms with van der Waals surface area (Å²) >= 11 is 0. The highest BCUT2D eigenvalue weighted by atomic mass is 16.4. The Labute approximate surface area is 251 Å². The Bertz CT molecular complexity index is 1430. The third kappa shape index (κ3) is 10.4. The maximum absolute atomic E-state index is 13.4. The van der Waals surface area contributed by atoms with Crippen molar-refractivity contribution in [1.82, 2.24) is 25.9 Å². The molecule has 10 N–H and O–H groups in total. The first-order chi connectivity index (χ1) is 20.9. The zero-order valence-electron chi connectivity index (χ0n) is 23.5. The number of imidazole rings is 1. The average Bonchev–Trinajstić information content (AvgIpc) is 3.49. The molecule has 1 aromatic heterocycles. The standard InChI is InChI=1S/C29H34N6O9/c30-21(11-16-1-5-19(36)6-2-16)26(40)33-22(9-10-25(38)39)27(41)34-23(12-17-3-7-20(37)8-4-17)28(42)35-24(29(43)44)13-18-14-31-15-32-18/h1-8,14-15,21-24,36-37H,9-13,30H2,(H,31,32)(H,33,40)(H,34,41)(H,35,42)(H,38,39)(H,43,44). The molecule has 1 heterocycles. The molecule has 15 nitrogen and oxygen atoms in total. The van der Waals surface area contributed by atoms with Gasteiger partial charge >= 0.3 is 11.9 Å². The number of benzene rings is 2. The number of carbonyl (C=O) groups excluding carboxylic acids is 3. The minimum absolute atomic E-state index is 0.0269. The van der Waals surface area contributed by atoms with Crippen LogP contribution in [-0.4, -0.2) is 84.2 Å². The molecule has 4 atom stereocenters. The van der Waals surface area contributed by atoms with Gasteiger partial charge in [-0.15, -0.1) is 0 Å². The summed E-state index contributed by atoms with van der Waals surface area (Å²) in [6.07, 6.45) is 1.73. The second-order valence-corrected chi connectivity index (χ2v) is 10.1. The highest BCUT2D eigenvalue weighted by Crippen LogP contribution is 2.13. The van der Waals surface area contributed by atoms with Crippen LogP contribution < -0.4 is 21.7 Å². The molecule has 3 amide bonds. The van der Waals surface area contributed by atoms with Gasteiger partial charge in [-0.3, -0.25) is 19.2 Å². The van der Waals surface area contributed by atoms with Crippen molar-refractivity contribution in [3.63, 3.8) is 0 Å². The van der Waals surface area contributed by atoms with Crippen molar-refractivity contribution >= 4 is 29.7 Å². The van der Waals surface area contributed by atoms with E-state index in [9.17, 15) is 44.4 Å². The fraction of sp³-hybridized carbons (Fsp3) is 0.310. The van der Waals surface area contributed by atoms with Gasteiger partial charge in [-0.1, -0.05) is 24.3 Å². The van der Waals surface area contributed by atoms with Gasteiger partial charge in [-0.05, 0) is 48.2 Å². The van der Waals surface area contributed by atoms with Crippen molar-refractivity contribution in [2.75, 3.05) is 0 Å². The maximum Gasteiger partial charge on any atom is 0.326 e. The van der Waals surface area contributed by atoms with Crippen LogP contribution in [0.1, 0.15) is 29.7 Å². The SMILES string of the molecule is NC(Cc1ccc(O)cc1)C(=O)NC(CCC(=O)O)C(=O)NC(Cc1ccc(O)cc1)C(=O)NC(Cc1cnc[nH]1)C(=O)O. The zero-order valence-corrected chi connectivity index (χ0v) is 23.5. The van der Waals surface area contributed by atoms with Gasteiger partial charge in [0.1, 0.15) is 29.6 Å². The largest absolute Gasteiger partial charge is 0.508 e. The number of nitrogens with zero attached hydrogens (tertiary/aromatic N) is 1. The number of aromatic hydroxyl groups is 2. The number of nitrogens with two attached hydrogens (primary N) is 1. The minimum Gasteiger partial charge on any atom is -0.508 e. The van der Waals surface area contributed by atoms with Gasteiger partial charge in [0.2, 0.25) is 17.7 Å². The summed E-state index contributed by atoms with van der Waals surface area (Å²) < 4.78 is 0. The molecule has 44 heavy (non-hydrogen) atoms. The van der Waals surface area contributed by atoms with E-state index >= 15 is 0 Å². The van der Waals surface area contributed by atoms with Crippen molar-refractivity contribution < 1.29 is 44.4 Å². The predicted molar refractivity (Wildman–Crippen MR) is 154 cm³/mol. The lowest BCUT2D eigenvalue weighted by molar-refractivity contribution is -0.142. The van der Waals surface area contributed by atoms with Crippen molar-refractivity contribution in [2.24, 2.45) is 5.73 Å². The molecule has 3 rings (SSSR count). The summed E-state index contributed by atoms with van der Waals surface area (Å²) in [5.41, 5.74) is 7.60. The first-order valence-electron chi connectivity index (χ1n) is 13.6. The smallest absolute Gasteiger partial charge is 0.326 e. The van der Waals surface area contributed by atoms with Crippen LogP contribution in [0.15, 0.2) is 61.1 Å². The van der Waals surface area contributed by atoms with E-state index in [1.54, 1.807) is 12.1 Å². The van der Waals surface area contributed by atoms with E-state index in [1.165, 1.54) is 48.9 Å². The molecule has 0 saturated heterocycles. The molecule has 0 aliphatic rings. The number of phenolic OH excluding ortho intramolecular Hbond substituents is 2. The Morgan fingerprint density at radius 1 is 0.727 bits per heavy atom. The van der Waals surface area contributed by atoms with Gasteiger partial charge in [-0.2, -0.15) is 0 Å². The molecule has 0 fully saturated rings. The van der Waals surface area contributed by atoms with Crippen LogP contribution in [0.4, 0.5) is 0 Å². The first kappa shape index (κ1) is 33.1. The third-order valence-corrected chi connectivity index (χ3v) is 6.61. The van der Waals surface area contributed by atoms with Crippen LogP contribution in [0.5, 0.6) is 11.5 Å². The number of rotatable bonds is 16. The highest BCUT2D eigenvalue weighted by molar-refractivity contribution is 5.94. The molecule has 0 radical (unpaired) electrons. The van der Waals surface area contributed by atoms with Gasteiger partial charge in [0.15, 0.2) is 0 Å². The van der Waals surface area contributed by atoms with Gasteiger partial charge < -0.3 is 47.1 Å². The zero-order chi connectivity index (χ0) is 32.2. The molecule has 15 heteroatoms. The van der Waals surface area contributed by atoms with E-state index in [4.69, 9.17) is 5.73 Å². The number of aromatic nitrogens is 2. The molecule has 0 aliphatic heterocycles. The Balaban J connectivity index is 1.78. The van der Waals surface area contributed by atoms with E-state index < -0.39 is 60.2 Å². The van der Waals surface area contributed by atoms with Crippen molar-refractivity contribution in [3.8, 4) is 11.5 Å². The quantitative estimate of drug-likeness (QED) is 0.101. The van der Waals surface area contributed by atoms with E-state index in [2.05, 4.69) is 25.9 Å². The summed E-state index contributed by atoms with van der Waals surface area (Å²) in [6, 6.07) is 6.47. The Morgan fingerprint density at radius 2 is 1.25 bits per heavy atom. The van der Waals surface area contributed by atoms with Crippen LogP contribution in [0.25, 0.3) is 0 Å². The Hall–Kier alpha value is -5.44. The molecule has 4 unspecified atom stereocenters. The molecule has 0 spiro atoms.